The number of para-hydroxylation sites is 1. The summed E-state index contributed by atoms with van der Waals surface area (Å²) in [6.07, 6.45) is 3.98. The number of nitriles is 1. The van der Waals surface area contributed by atoms with Crippen molar-refractivity contribution >= 4 is 17.3 Å². The third kappa shape index (κ3) is 4.36. The number of rotatable bonds is 7. The molecule has 120 valence electrons. The zero-order valence-electron chi connectivity index (χ0n) is 13.4. The van der Waals surface area contributed by atoms with Crippen molar-refractivity contribution in [1.82, 2.24) is 4.57 Å². The van der Waals surface area contributed by atoms with Gasteiger partial charge in [-0.2, -0.15) is 5.26 Å². The van der Waals surface area contributed by atoms with Gasteiger partial charge in [0.05, 0.1) is 5.69 Å². The maximum Gasteiger partial charge on any atom is 0.244 e. The zero-order valence-corrected chi connectivity index (χ0v) is 13.4. The molecule has 2 aromatic rings. The second kappa shape index (κ2) is 8.04. The van der Waals surface area contributed by atoms with Crippen LogP contribution >= 0.6 is 0 Å². The Hall–Kier alpha value is -2.74. The minimum atomic E-state index is -0.167. The molecule has 0 aliphatic heterocycles. The highest BCUT2D eigenvalue weighted by Crippen LogP contribution is 2.21. The molecule has 0 aliphatic carbocycles. The van der Waals surface area contributed by atoms with Crippen LogP contribution in [-0.4, -0.2) is 10.5 Å². The molecule has 0 spiro atoms. The van der Waals surface area contributed by atoms with E-state index in [-0.39, 0.29) is 12.5 Å². The highest BCUT2D eigenvalue weighted by Gasteiger charge is 2.15. The highest BCUT2D eigenvalue weighted by molar-refractivity contribution is 5.90. The van der Waals surface area contributed by atoms with Crippen LogP contribution in [0.15, 0.2) is 36.4 Å². The van der Waals surface area contributed by atoms with E-state index in [2.05, 4.69) is 18.3 Å². The van der Waals surface area contributed by atoms with Crippen molar-refractivity contribution in [1.29, 1.82) is 5.26 Å². The van der Waals surface area contributed by atoms with Crippen LogP contribution in [0.2, 0.25) is 0 Å². The second-order valence-electron chi connectivity index (χ2n) is 5.50. The molecule has 5 nitrogen and oxygen atoms in total. The monoisotopic (exact) mass is 310 g/mol. The van der Waals surface area contributed by atoms with Crippen LogP contribution in [0.5, 0.6) is 0 Å². The lowest BCUT2D eigenvalue weighted by molar-refractivity contribution is -0.116. The van der Waals surface area contributed by atoms with Crippen LogP contribution in [-0.2, 0) is 17.8 Å². The predicted octanol–water partition coefficient (Wildman–Crippen LogP) is 3.31. The van der Waals surface area contributed by atoms with Crippen molar-refractivity contribution in [3.8, 4) is 6.07 Å². The first-order chi connectivity index (χ1) is 11.2. The molecule has 0 saturated carbocycles. The van der Waals surface area contributed by atoms with Gasteiger partial charge in [0.2, 0.25) is 5.91 Å². The van der Waals surface area contributed by atoms with E-state index in [4.69, 9.17) is 5.73 Å². The van der Waals surface area contributed by atoms with Crippen molar-refractivity contribution in [3.63, 3.8) is 0 Å². The second-order valence-corrected chi connectivity index (χ2v) is 5.50. The summed E-state index contributed by atoms with van der Waals surface area (Å²) >= 11 is 0. The van der Waals surface area contributed by atoms with Gasteiger partial charge in [0.25, 0.3) is 0 Å². The molecule has 0 atom stereocenters. The molecule has 1 heterocycles. The number of nitrogen functional groups attached to an aromatic ring is 1. The first-order valence-corrected chi connectivity index (χ1v) is 7.88. The Morgan fingerprint density at radius 2 is 2.04 bits per heavy atom. The number of benzene rings is 1. The molecule has 5 heteroatoms. The van der Waals surface area contributed by atoms with Crippen LogP contribution in [0, 0.1) is 11.3 Å². The molecule has 1 aromatic carbocycles. The quantitative estimate of drug-likeness (QED) is 0.769. The maximum absolute atomic E-state index is 12.3. The van der Waals surface area contributed by atoms with Crippen molar-refractivity contribution < 1.29 is 4.79 Å². The summed E-state index contributed by atoms with van der Waals surface area (Å²) in [5.74, 6) is -0.167. The van der Waals surface area contributed by atoms with Crippen LogP contribution < -0.4 is 11.1 Å². The summed E-state index contributed by atoms with van der Waals surface area (Å²) < 4.78 is 1.73. The Morgan fingerprint density at radius 1 is 1.30 bits per heavy atom. The number of nitrogens with two attached hydrogens (primary N) is 1. The van der Waals surface area contributed by atoms with Crippen molar-refractivity contribution in [2.45, 2.75) is 39.2 Å². The lowest BCUT2D eigenvalue weighted by atomic mass is 10.1. The largest absolute Gasteiger partial charge is 0.397 e. The first-order valence-electron chi connectivity index (χ1n) is 7.88. The van der Waals surface area contributed by atoms with Gasteiger partial charge in [0.15, 0.2) is 0 Å². The van der Waals surface area contributed by atoms with Crippen molar-refractivity contribution in [2.75, 3.05) is 11.1 Å². The summed E-state index contributed by atoms with van der Waals surface area (Å²) in [7, 11) is 0. The number of hydrogen-bond donors (Lipinski definition) is 2. The maximum atomic E-state index is 12.3. The Balaban J connectivity index is 2.14. The molecular weight excluding hydrogens is 288 g/mol. The molecular formula is C18H22N4O. The summed E-state index contributed by atoms with van der Waals surface area (Å²) in [6.45, 7) is 2.23. The van der Waals surface area contributed by atoms with E-state index in [1.54, 1.807) is 10.6 Å². The van der Waals surface area contributed by atoms with Gasteiger partial charge in [-0.25, -0.2) is 0 Å². The molecule has 2 rings (SSSR count). The molecule has 0 unspecified atom stereocenters. The average molecular weight is 310 g/mol. The Bertz CT molecular complexity index is 698. The minimum Gasteiger partial charge on any atom is -0.397 e. The number of aromatic nitrogens is 1. The van der Waals surface area contributed by atoms with E-state index in [9.17, 15) is 10.1 Å². The van der Waals surface area contributed by atoms with Gasteiger partial charge in [-0.3, -0.25) is 4.79 Å². The smallest absolute Gasteiger partial charge is 0.244 e. The topological polar surface area (TPSA) is 83.8 Å². The molecule has 0 bridgehead atoms. The fraction of sp³-hybridized carbons (Fsp3) is 0.333. The van der Waals surface area contributed by atoms with E-state index >= 15 is 0 Å². The number of amides is 1. The molecule has 23 heavy (non-hydrogen) atoms. The van der Waals surface area contributed by atoms with Crippen LogP contribution in [0.3, 0.4) is 0 Å². The Morgan fingerprint density at radius 3 is 2.70 bits per heavy atom. The van der Waals surface area contributed by atoms with Gasteiger partial charge in [0.1, 0.15) is 18.3 Å². The zero-order chi connectivity index (χ0) is 16.7. The van der Waals surface area contributed by atoms with Crippen molar-refractivity contribution in [2.24, 2.45) is 0 Å². The summed E-state index contributed by atoms with van der Waals surface area (Å²) in [6, 6.07) is 13.0. The fourth-order valence-electron chi connectivity index (χ4n) is 2.57. The normalized spacial score (nSPS) is 10.3. The van der Waals surface area contributed by atoms with Gasteiger partial charge in [-0.05, 0) is 31.0 Å². The average Bonchev–Trinajstić information content (AvgIpc) is 2.84. The number of carbonyl (C=O) groups is 1. The molecule has 1 aromatic heterocycles. The lowest BCUT2D eigenvalue weighted by Gasteiger charge is -2.12. The fourth-order valence-corrected chi connectivity index (χ4v) is 2.57. The first kappa shape index (κ1) is 16.6. The van der Waals surface area contributed by atoms with Gasteiger partial charge in [0, 0.05) is 11.4 Å². The Labute approximate surface area is 136 Å². The van der Waals surface area contributed by atoms with Crippen LogP contribution in [0.25, 0.3) is 0 Å². The number of anilines is 2. The number of nitrogens with zero attached hydrogens (tertiary/aromatic N) is 2. The minimum absolute atomic E-state index is 0.0937. The predicted molar refractivity (Wildman–Crippen MR) is 91.9 cm³/mol. The van der Waals surface area contributed by atoms with Gasteiger partial charge >= 0.3 is 0 Å². The van der Waals surface area contributed by atoms with Gasteiger partial charge < -0.3 is 15.6 Å². The van der Waals surface area contributed by atoms with E-state index in [0.29, 0.717) is 11.4 Å². The number of unbranched alkanes of at least 4 members (excludes halogenated alkanes) is 2. The van der Waals surface area contributed by atoms with Gasteiger partial charge in [-0.1, -0.05) is 38.0 Å². The standard InChI is InChI=1S/C18H22N4O/c1-2-3-5-10-17-16(20)11-15(12-19)22(17)13-18(23)21-14-8-6-4-7-9-14/h4,6-9,11H,2-3,5,10,13,20H2,1H3,(H,21,23). The molecule has 1 amide bonds. The summed E-state index contributed by atoms with van der Waals surface area (Å²) in [5.41, 5.74) is 8.65. The number of hydrogen-bond acceptors (Lipinski definition) is 3. The molecule has 0 saturated heterocycles. The third-order valence-electron chi connectivity index (χ3n) is 3.73. The third-order valence-corrected chi connectivity index (χ3v) is 3.73. The van der Waals surface area contributed by atoms with E-state index in [1.807, 2.05) is 30.3 Å². The molecule has 0 fully saturated rings. The van der Waals surface area contributed by atoms with Crippen LogP contribution in [0.4, 0.5) is 11.4 Å². The lowest BCUT2D eigenvalue weighted by Crippen LogP contribution is -2.21. The van der Waals surface area contributed by atoms with Gasteiger partial charge in [-0.15, -0.1) is 0 Å². The number of carbonyl (C=O) groups excluding carboxylic acids is 1. The number of nitrogens with one attached hydrogen (secondary N) is 1. The Kier molecular flexibility index (Phi) is 5.81. The molecule has 0 aliphatic rings. The molecule has 0 radical (unpaired) electrons. The summed E-state index contributed by atoms with van der Waals surface area (Å²) in [4.78, 5) is 12.3. The van der Waals surface area contributed by atoms with Crippen molar-refractivity contribution in [3.05, 3.63) is 47.8 Å². The van der Waals surface area contributed by atoms with E-state index in [1.165, 1.54) is 0 Å². The summed E-state index contributed by atoms with van der Waals surface area (Å²) in [5, 5.41) is 12.1. The SMILES string of the molecule is CCCCCc1c(N)cc(C#N)n1CC(=O)Nc1ccccc1. The van der Waals surface area contributed by atoms with E-state index in [0.717, 1.165) is 37.1 Å². The molecule has 3 N–H and O–H groups in total. The van der Waals surface area contributed by atoms with Crippen LogP contribution in [0.1, 0.15) is 37.6 Å². The van der Waals surface area contributed by atoms with E-state index < -0.39 is 0 Å². The highest BCUT2D eigenvalue weighted by atomic mass is 16.1.